The van der Waals surface area contributed by atoms with Crippen LogP contribution in [0, 0.1) is 0 Å². The molecule has 0 bridgehead atoms. The van der Waals surface area contributed by atoms with E-state index in [0.29, 0.717) is 17.2 Å². The molecule has 0 saturated carbocycles. The fourth-order valence-electron chi connectivity index (χ4n) is 2.00. The van der Waals surface area contributed by atoms with Gasteiger partial charge in [-0.3, -0.25) is 4.21 Å². The molecule has 2 atom stereocenters. The molecule has 1 N–H and O–H groups in total. The average Bonchev–Trinajstić information content (AvgIpc) is 2.51. The topological polar surface area (TPSA) is 63.2 Å². The first kappa shape index (κ1) is 12.7. The van der Waals surface area contributed by atoms with Crippen LogP contribution in [0.4, 0.5) is 0 Å². The van der Waals surface area contributed by atoms with Gasteiger partial charge in [-0.1, -0.05) is 18.2 Å². The Balaban J connectivity index is 2.15. The summed E-state index contributed by atoms with van der Waals surface area (Å²) >= 11 is 0. The molecule has 0 amide bonds. The molecule has 1 aromatic carbocycles. The van der Waals surface area contributed by atoms with E-state index in [1.54, 1.807) is 18.4 Å². The second kappa shape index (κ2) is 4.88. The minimum atomic E-state index is -3.14. The summed E-state index contributed by atoms with van der Waals surface area (Å²) in [6.45, 7) is 0.567. The lowest BCUT2D eigenvalue weighted by molar-refractivity contribution is 0.579. The Labute approximate surface area is 104 Å². The Morgan fingerprint density at radius 1 is 1.41 bits per heavy atom. The SMILES string of the molecule is CS(=O)CCNC1CS(=O)(=O)c2ccccc21. The van der Waals surface area contributed by atoms with Gasteiger partial charge in [-0.2, -0.15) is 0 Å². The standard InChI is InChI=1S/C11H15NO3S2/c1-16(13)7-6-12-10-8-17(14,15)11-5-3-2-4-9(10)11/h2-5,10,12H,6-8H2,1H3. The van der Waals surface area contributed by atoms with Crippen molar-refractivity contribution in [1.29, 1.82) is 0 Å². The minimum absolute atomic E-state index is 0.0999. The van der Waals surface area contributed by atoms with Gasteiger partial charge in [0.2, 0.25) is 0 Å². The second-order valence-corrected chi connectivity index (χ2v) is 7.66. The van der Waals surface area contributed by atoms with Gasteiger partial charge < -0.3 is 5.32 Å². The summed E-state index contributed by atoms with van der Waals surface area (Å²) in [6, 6.07) is 6.89. The van der Waals surface area contributed by atoms with Crippen LogP contribution in [0.2, 0.25) is 0 Å². The minimum Gasteiger partial charge on any atom is -0.308 e. The van der Waals surface area contributed by atoms with Gasteiger partial charge in [0, 0.05) is 35.4 Å². The van der Waals surface area contributed by atoms with Crippen molar-refractivity contribution in [1.82, 2.24) is 5.32 Å². The van der Waals surface area contributed by atoms with Crippen molar-refractivity contribution in [2.45, 2.75) is 10.9 Å². The van der Waals surface area contributed by atoms with Gasteiger partial charge in [-0.25, -0.2) is 8.42 Å². The molecule has 1 aliphatic rings. The summed E-state index contributed by atoms with van der Waals surface area (Å²) in [6.07, 6.45) is 1.64. The molecule has 1 aromatic rings. The third-order valence-electron chi connectivity index (χ3n) is 2.80. The van der Waals surface area contributed by atoms with E-state index < -0.39 is 20.6 Å². The molecule has 94 valence electrons. The number of benzene rings is 1. The Morgan fingerprint density at radius 3 is 2.82 bits per heavy atom. The molecule has 2 unspecified atom stereocenters. The summed E-state index contributed by atoms with van der Waals surface area (Å²) in [7, 11) is -4.00. The van der Waals surface area contributed by atoms with E-state index in [2.05, 4.69) is 5.32 Å². The van der Waals surface area contributed by atoms with E-state index in [-0.39, 0.29) is 11.8 Å². The highest BCUT2D eigenvalue weighted by molar-refractivity contribution is 7.91. The van der Waals surface area contributed by atoms with E-state index in [0.717, 1.165) is 5.56 Å². The normalized spacial score (nSPS) is 23.2. The first-order chi connectivity index (χ1) is 8.00. The van der Waals surface area contributed by atoms with E-state index in [1.807, 2.05) is 12.1 Å². The van der Waals surface area contributed by atoms with Gasteiger partial charge in [-0.05, 0) is 11.6 Å². The highest BCUT2D eigenvalue weighted by Gasteiger charge is 2.33. The van der Waals surface area contributed by atoms with Crippen molar-refractivity contribution in [2.75, 3.05) is 24.3 Å². The van der Waals surface area contributed by atoms with Crippen LogP contribution >= 0.6 is 0 Å². The van der Waals surface area contributed by atoms with Gasteiger partial charge in [0.05, 0.1) is 10.6 Å². The Kier molecular flexibility index (Phi) is 3.65. The molecule has 17 heavy (non-hydrogen) atoms. The van der Waals surface area contributed by atoms with Crippen molar-refractivity contribution < 1.29 is 12.6 Å². The first-order valence-electron chi connectivity index (χ1n) is 5.36. The Morgan fingerprint density at radius 2 is 2.12 bits per heavy atom. The van der Waals surface area contributed by atoms with Crippen LogP contribution in [0.5, 0.6) is 0 Å². The Hall–Kier alpha value is -0.720. The van der Waals surface area contributed by atoms with Crippen molar-refractivity contribution in [3.05, 3.63) is 29.8 Å². The molecular weight excluding hydrogens is 258 g/mol. The largest absolute Gasteiger partial charge is 0.308 e. The maximum atomic E-state index is 11.9. The number of hydrogen-bond donors (Lipinski definition) is 1. The van der Waals surface area contributed by atoms with Crippen molar-refractivity contribution >= 4 is 20.6 Å². The molecule has 6 heteroatoms. The zero-order chi connectivity index (χ0) is 12.5. The van der Waals surface area contributed by atoms with Crippen molar-refractivity contribution in [3.63, 3.8) is 0 Å². The summed E-state index contributed by atoms with van der Waals surface area (Å²) in [5.74, 6) is 0.640. The summed E-state index contributed by atoms with van der Waals surface area (Å²) in [4.78, 5) is 0.426. The zero-order valence-electron chi connectivity index (χ0n) is 9.55. The van der Waals surface area contributed by atoms with Gasteiger partial charge in [0.1, 0.15) is 0 Å². The molecule has 1 aliphatic heterocycles. The van der Waals surface area contributed by atoms with Crippen molar-refractivity contribution in [3.8, 4) is 0 Å². The number of hydrogen-bond acceptors (Lipinski definition) is 4. The first-order valence-corrected chi connectivity index (χ1v) is 8.74. The smallest absolute Gasteiger partial charge is 0.180 e. The highest BCUT2D eigenvalue weighted by atomic mass is 32.2. The zero-order valence-corrected chi connectivity index (χ0v) is 11.2. The molecule has 0 fully saturated rings. The predicted molar refractivity (Wildman–Crippen MR) is 68.2 cm³/mol. The lowest BCUT2D eigenvalue weighted by atomic mass is 10.1. The number of nitrogens with one attached hydrogen (secondary N) is 1. The number of sulfone groups is 1. The lowest BCUT2D eigenvalue weighted by Gasteiger charge is -2.11. The van der Waals surface area contributed by atoms with Crippen LogP contribution in [0.25, 0.3) is 0 Å². The molecule has 0 aliphatic carbocycles. The van der Waals surface area contributed by atoms with Crippen LogP contribution < -0.4 is 5.32 Å². The number of fused-ring (bicyclic) bond motifs is 1. The van der Waals surface area contributed by atoms with E-state index in [1.165, 1.54) is 0 Å². The molecule has 0 spiro atoms. The van der Waals surface area contributed by atoms with Gasteiger partial charge in [0.15, 0.2) is 9.84 Å². The van der Waals surface area contributed by atoms with Crippen molar-refractivity contribution in [2.24, 2.45) is 0 Å². The summed E-state index contributed by atoms with van der Waals surface area (Å²) in [5.41, 5.74) is 0.828. The fourth-order valence-corrected chi connectivity index (χ4v) is 4.17. The highest BCUT2D eigenvalue weighted by Crippen LogP contribution is 2.32. The second-order valence-electron chi connectivity index (χ2n) is 4.10. The van der Waals surface area contributed by atoms with E-state index >= 15 is 0 Å². The number of rotatable bonds is 4. The molecule has 4 nitrogen and oxygen atoms in total. The molecular formula is C11H15NO3S2. The third kappa shape index (κ3) is 2.75. The van der Waals surface area contributed by atoms with Crippen LogP contribution in [-0.4, -0.2) is 36.9 Å². The summed E-state index contributed by atoms with van der Waals surface area (Å²) in [5, 5.41) is 3.15. The average molecular weight is 273 g/mol. The van der Waals surface area contributed by atoms with Gasteiger partial charge in [0.25, 0.3) is 0 Å². The molecule has 1 heterocycles. The Bertz CT molecular complexity index is 539. The van der Waals surface area contributed by atoms with E-state index in [9.17, 15) is 12.6 Å². The van der Waals surface area contributed by atoms with Crippen LogP contribution in [0.3, 0.4) is 0 Å². The van der Waals surface area contributed by atoms with Crippen LogP contribution in [0.15, 0.2) is 29.2 Å². The van der Waals surface area contributed by atoms with Gasteiger partial charge in [-0.15, -0.1) is 0 Å². The van der Waals surface area contributed by atoms with Crippen LogP contribution in [-0.2, 0) is 20.6 Å². The summed E-state index contributed by atoms with van der Waals surface area (Å²) < 4.78 is 34.7. The van der Waals surface area contributed by atoms with E-state index in [4.69, 9.17) is 0 Å². The molecule has 0 radical (unpaired) electrons. The molecule has 0 saturated heterocycles. The quantitative estimate of drug-likeness (QED) is 0.867. The maximum Gasteiger partial charge on any atom is 0.180 e. The third-order valence-corrected chi connectivity index (χ3v) is 5.39. The van der Waals surface area contributed by atoms with Crippen LogP contribution in [0.1, 0.15) is 11.6 Å². The molecule has 2 rings (SSSR count). The monoisotopic (exact) mass is 273 g/mol. The predicted octanol–water partition coefficient (Wildman–Crippen LogP) is 0.483. The maximum absolute atomic E-state index is 11.9. The lowest BCUT2D eigenvalue weighted by Crippen LogP contribution is -2.26. The fraction of sp³-hybridized carbons (Fsp3) is 0.455. The molecule has 0 aromatic heterocycles. The van der Waals surface area contributed by atoms with Gasteiger partial charge >= 0.3 is 0 Å².